The number of anilines is 1. The molecule has 138 valence electrons. The monoisotopic (exact) mass is 418 g/mol. The molecule has 2 fully saturated rings. The van der Waals surface area contributed by atoms with Gasteiger partial charge in [0.05, 0.1) is 12.5 Å². The number of piperidine rings is 1. The summed E-state index contributed by atoms with van der Waals surface area (Å²) in [6, 6.07) is 7.63. The Bertz CT molecular complexity index is 707. The number of halogens is 1. The molecule has 0 radical (unpaired) electrons. The molecule has 1 unspecified atom stereocenters. The first-order valence-corrected chi connectivity index (χ1v) is 9.73. The molecule has 2 aliphatic heterocycles. The van der Waals surface area contributed by atoms with Crippen molar-refractivity contribution in [3.8, 4) is 12.3 Å². The zero-order valence-electron chi connectivity index (χ0n) is 14.7. The van der Waals surface area contributed by atoms with Gasteiger partial charge in [0.2, 0.25) is 11.8 Å². The van der Waals surface area contributed by atoms with Crippen molar-refractivity contribution in [2.75, 3.05) is 37.7 Å². The Kier molecular flexibility index (Phi) is 6.33. The zero-order valence-corrected chi connectivity index (χ0v) is 16.3. The lowest BCUT2D eigenvalue weighted by atomic mass is 9.96. The average Bonchev–Trinajstić information content (AvgIpc) is 3.04. The summed E-state index contributed by atoms with van der Waals surface area (Å²) in [6.07, 6.45) is 7.32. The molecule has 6 heteroatoms. The Balaban J connectivity index is 1.53. The number of nitrogens with zero attached hydrogens (tertiary/aromatic N) is 2. The standard InChI is InChI=1S/C20H23BrN2O3/c1-2-10-26-14-15-6-8-22(9-7-15)20(25)16-11-19(24)23(13-16)18-5-3-4-17(21)12-18/h1,3-5,12,15-16H,6-11,13-14H2. The van der Waals surface area contributed by atoms with Gasteiger partial charge in [0.15, 0.2) is 0 Å². The number of amides is 2. The Morgan fingerprint density at radius 3 is 2.81 bits per heavy atom. The van der Waals surface area contributed by atoms with Gasteiger partial charge in [0.1, 0.15) is 6.61 Å². The molecule has 2 aliphatic rings. The minimum atomic E-state index is -0.254. The average molecular weight is 419 g/mol. The number of ether oxygens (including phenoxy) is 1. The molecule has 5 nitrogen and oxygen atoms in total. The van der Waals surface area contributed by atoms with E-state index in [1.807, 2.05) is 29.2 Å². The number of hydrogen-bond donors (Lipinski definition) is 0. The van der Waals surface area contributed by atoms with Crippen LogP contribution >= 0.6 is 15.9 Å². The van der Waals surface area contributed by atoms with E-state index in [-0.39, 0.29) is 24.2 Å². The lowest BCUT2D eigenvalue weighted by molar-refractivity contribution is -0.137. The van der Waals surface area contributed by atoms with E-state index in [2.05, 4.69) is 21.9 Å². The van der Waals surface area contributed by atoms with Gasteiger partial charge in [-0.2, -0.15) is 0 Å². The molecule has 2 amide bonds. The number of likely N-dealkylation sites (tertiary alicyclic amines) is 1. The summed E-state index contributed by atoms with van der Waals surface area (Å²) in [5, 5.41) is 0. The van der Waals surface area contributed by atoms with Gasteiger partial charge in [-0.15, -0.1) is 6.42 Å². The molecule has 0 bridgehead atoms. The minimum absolute atomic E-state index is 0.0130. The summed E-state index contributed by atoms with van der Waals surface area (Å²) in [5.41, 5.74) is 0.837. The fraction of sp³-hybridized carbons (Fsp3) is 0.500. The highest BCUT2D eigenvalue weighted by Gasteiger charge is 2.38. The maximum atomic E-state index is 12.8. The highest BCUT2D eigenvalue weighted by molar-refractivity contribution is 9.10. The summed E-state index contributed by atoms with van der Waals surface area (Å²) in [4.78, 5) is 28.8. The molecule has 0 spiro atoms. The van der Waals surface area contributed by atoms with Gasteiger partial charge >= 0.3 is 0 Å². The smallest absolute Gasteiger partial charge is 0.228 e. The van der Waals surface area contributed by atoms with E-state index in [9.17, 15) is 9.59 Å². The third-order valence-corrected chi connectivity index (χ3v) is 5.55. The molecule has 26 heavy (non-hydrogen) atoms. The van der Waals surface area contributed by atoms with Crippen LogP contribution in [0.2, 0.25) is 0 Å². The second-order valence-corrected chi connectivity index (χ2v) is 7.79. The van der Waals surface area contributed by atoms with Gasteiger partial charge < -0.3 is 14.5 Å². The van der Waals surface area contributed by atoms with Crippen molar-refractivity contribution in [2.45, 2.75) is 19.3 Å². The van der Waals surface area contributed by atoms with Gasteiger partial charge in [0, 0.05) is 36.2 Å². The second-order valence-electron chi connectivity index (χ2n) is 6.87. The van der Waals surface area contributed by atoms with Crippen LogP contribution in [0.5, 0.6) is 0 Å². The molecule has 1 aromatic carbocycles. The van der Waals surface area contributed by atoms with Crippen molar-refractivity contribution in [1.82, 2.24) is 4.90 Å². The highest BCUT2D eigenvalue weighted by atomic mass is 79.9. The summed E-state index contributed by atoms with van der Waals surface area (Å²) >= 11 is 3.43. The summed E-state index contributed by atoms with van der Waals surface area (Å²) in [5.74, 6) is 2.78. The Hall–Kier alpha value is -1.84. The number of carbonyl (C=O) groups is 2. The molecule has 3 rings (SSSR count). The van der Waals surface area contributed by atoms with Crippen molar-refractivity contribution in [3.63, 3.8) is 0 Å². The second kappa shape index (κ2) is 8.70. The van der Waals surface area contributed by atoms with E-state index in [0.717, 1.165) is 36.1 Å². The number of carbonyl (C=O) groups excluding carboxylic acids is 2. The maximum absolute atomic E-state index is 12.8. The number of terminal acetylenes is 1. The van der Waals surface area contributed by atoms with Crippen molar-refractivity contribution in [3.05, 3.63) is 28.7 Å². The molecule has 1 atom stereocenters. The Morgan fingerprint density at radius 1 is 1.35 bits per heavy atom. The number of benzene rings is 1. The van der Waals surface area contributed by atoms with Crippen LogP contribution in [-0.2, 0) is 14.3 Å². The molecular weight excluding hydrogens is 396 g/mol. The molecule has 0 N–H and O–H groups in total. The number of rotatable bonds is 5. The van der Waals surface area contributed by atoms with Gasteiger partial charge in [-0.1, -0.05) is 27.9 Å². The minimum Gasteiger partial charge on any atom is -0.369 e. The summed E-state index contributed by atoms with van der Waals surface area (Å²) < 4.78 is 6.33. The highest BCUT2D eigenvalue weighted by Crippen LogP contribution is 2.29. The Morgan fingerprint density at radius 2 is 2.12 bits per heavy atom. The predicted octanol–water partition coefficient (Wildman–Crippen LogP) is 2.69. The molecule has 0 saturated carbocycles. The van der Waals surface area contributed by atoms with Gasteiger partial charge in [-0.3, -0.25) is 9.59 Å². The lowest BCUT2D eigenvalue weighted by Crippen LogP contribution is -2.43. The van der Waals surface area contributed by atoms with Crippen molar-refractivity contribution in [1.29, 1.82) is 0 Å². The quantitative estimate of drug-likeness (QED) is 0.545. The zero-order chi connectivity index (χ0) is 18.5. The summed E-state index contributed by atoms with van der Waals surface area (Å²) in [7, 11) is 0. The van der Waals surface area contributed by atoms with E-state index in [0.29, 0.717) is 25.7 Å². The van der Waals surface area contributed by atoms with E-state index >= 15 is 0 Å². The summed E-state index contributed by atoms with van der Waals surface area (Å²) in [6.45, 7) is 2.91. The third kappa shape index (κ3) is 4.46. The van der Waals surface area contributed by atoms with Crippen molar-refractivity contribution >= 4 is 33.4 Å². The van der Waals surface area contributed by atoms with Crippen LogP contribution in [-0.4, -0.2) is 49.6 Å². The SMILES string of the molecule is C#CCOCC1CCN(C(=O)C2CC(=O)N(c3cccc(Br)c3)C2)CC1. The van der Waals surface area contributed by atoms with Gasteiger partial charge in [-0.25, -0.2) is 0 Å². The van der Waals surface area contributed by atoms with E-state index in [1.54, 1.807) is 4.90 Å². The lowest BCUT2D eigenvalue weighted by Gasteiger charge is -2.33. The van der Waals surface area contributed by atoms with Crippen LogP contribution < -0.4 is 4.90 Å². The topological polar surface area (TPSA) is 49.9 Å². The maximum Gasteiger partial charge on any atom is 0.228 e. The predicted molar refractivity (Wildman–Crippen MR) is 104 cm³/mol. The first-order valence-electron chi connectivity index (χ1n) is 8.94. The van der Waals surface area contributed by atoms with E-state index in [4.69, 9.17) is 11.2 Å². The van der Waals surface area contributed by atoms with Crippen molar-refractivity contribution in [2.24, 2.45) is 11.8 Å². The van der Waals surface area contributed by atoms with E-state index in [1.165, 1.54) is 0 Å². The fourth-order valence-electron chi connectivity index (χ4n) is 3.63. The van der Waals surface area contributed by atoms with Crippen LogP contribution in [0.15, 0.2) is 28.7 Å². The largest absolute Gasteiger partial charge is 0.369 e. The van der Waals surface area contributed by atoms with Crippen LogP contribution in [0.4, 0.5) is 5.69 Å². The molecular formula is C20H23BrN2O3. The third-order valence-electron chi connectivity index (χ3n) is 5.06. The van der Waals surface area contributed by atoms with Crippen LogP contribution in [0.3, 0.4) is 0 Å². The van der Waals surface area contributed by atoms with Crippen molar-refractivity contribution < 1.29 is 14.3 Å². The first kappa shape index (κ1) is 18.9. The molecule has 2 saturated heterocycles. The van der Waals surface area contributed by atoms with Crippen LogP contribution in [0.1, 0.15) is 19.3 Å². The molecule has 0 aliphatic carbocycles. The van der Waals surface area contributed by atoms with Gasteiger partial charge in [0.25, 0.3) is 0 Å². The Labute approximate surface area is 162 Å². The first-order chi connectivity index (χ1) is 12.6. The van der Waals surface area contributed by atoms with E-state index < -0.39 is 0 Å². The van der Waals surface area contributed by atoms with Crippen LogP contribution in [0, 0.1) is 24.2 Å². The number of hydrogen-bond acceptors (Lipinski definition) is 3. The molecule has 2 heterocycles. The molecule has 1 aromatic rings. The van der Waals surface area contributed by atoms with Crippen LogP contribution in [0.25, 0.3) is 0 Å². The molecule has 0 aromatic heterocycles. The fourth-order valence-corrected chi connectivity index (χ4v) is 4.02. The normalized spacial score (nSPS) is 21.1. The van der Waals surface area contributed by atoms with Gasteiger partial charge in [-0.05, 0) is 37.0 Å².